The first-order valence-electron chi connectivity index (χ1n) is 7.38. The number of amides is 2. The van der Waals surface area contributed by atoms with E-state index in [1.54, 1.807) is 11.0 Å². The van der Waals surface area contributed by atoms with Crippen LogP contribution in [0.15, 0.2) is 17.5 Å². The van der Waals surface area contributed by atoms with Crippen molar-refractivity contribution in [2.24, 2.45) is 5.41 Å². The van der Waals surface area contributed by atoms with Crippen molar-refractivity contribution in [3.05, 3.63) is 22.4 Å². The lowest BCUT2D eigenvalue weighted by atomic mass is 10.1. The summed E-state index contributed by atoms with van der Waals surface area (Å²) < 4.78 is 0. The number of carbonyl (C=O) groups is 2. The predicted octanol–water partition coefficient (Wildman–Crippen LogP) is 1.24. The van der Waals surface area contributed by atoms with Crippen molar-refractivity contribution in [2.45, 2.75) is 31.7 Å². The monoisotopic (exact) mass is 308 g/mol. The minimum Gasteiger partial charge on any atom is -0.396 e. The van der Waals surface area contributed by atoms with Crippen molar-refractivity contribution in [1.82, 2.24) is 10.2 Å². The quantitative estimate of drug-likeness (QED) is 0.860. The molecule has 2 N–H and O–H groups in total. The molecular formula is C15H20N2O3S. The highest BCUT2D eigenvalue weighted by Crippen LogP contribution is 2.44. The molecule has 21 heavy (non-hydrogen) atoms. The molecule has 3 rings (SSSR count). The summed E-state index contributed by atoms with van der Waals surface area (Å²) in [5.41, 5.74) is -0.100. The van der Waals surface area contributed by atoms with Gasteiger partial charge in [-0.15, -0.1) is 11.3 Å². The van der Waals surface area contributed by atoms with Gasteiger partial charge in [0, 0.05) is 18.5 Å². The molecule has 1 saturated heterocycles. The summed E-state index contributed by atoms with van der Waals surface area (Å²) in [6.45, 7) is 1.27. The van der Waals surface area contributed by atoms with E-state index in [2.05, 4.69) is 5.32 Å². The second kappa shape index (κ2) is 5.77. The minimum absolute atomic E-state index is 0.0501. The van der Waals surface area contributed by atoms with Crippen LogP contribution in [0.2, 0.25) is 0 Å². The third-order valence-corrected chi connectivity index (χ3v) is 5.34. The summed E-state index contributed by atoms with van der Waals surface area (Å²) in [6, 6.07) is 3.28. The van der Waals surface area contributed by atoms with Gasteiger partial charge in [-0.2, -0.15) is 0 Å². The smallest absolute Gasteiger partial charge is 0.264 e. The van der Waals surface area contributed by atoms with Gasteiger partial charge in [-0.3, -0.25) is 9.59 Å². The fourth-order valence-corrected chi connectivity index (χ4v) is 3.46. The Bertz CT molecular complexity index is 525. The number of hydrogen-bond acceptors (Lipinski definition) is 4. The van der Waals surface area contributed by atoms with Gasteiger partial charge in [0.2, 0.25) is 5.91 Å². The maximum absolute atomic E-state index is 12.4. The van der Waals surface area contributed by atoms with Crippen LogP contribution in [0, 0.1) is 5.41 Å². The second-order valence-electron chi connectivity index (χ2n) is 6.01. The van der Waals surface area contributed by atoms with Crippen LogP contribution in [-0.2, 0) is 4.79 Å². The number of nitrogens with zero attached hydrogens (tertiary/aromatic N) is 1. The van der Waals surface area contributed by atoms with E-state index in [1.165, 1.54) is 11.3 Å². The first kappa shape index (κ1) is 14.5. The van der Waals surface area contributed by atoms with E-state index >= 15 is 0 Å². The van der Waals surface area contributed by atoms with Crippen LogP contribution in [0.3, 0.4) is 0 Å². The molecule has 0 spiro atoms. The summed E-state index contributed by atoms with van der Waals surface area (Å²) in [4.78, 5) is 27.1. The molecule has 1 aliphatic heterocycles. The Morgan fingerprint density at radius 3 is 2.90 bits per heavy atom. The first-order valence-corrected chi connectivity index (χ1v) is 8.26. The van der Waals surface area contributed by atoms with E-state index in [-0.39, 0.29) is 29.9 Å². The fraction of sp³-hybridized carbons (Fsp3) is 0.600. The molecule has 1 aromatic rings. The molecule has 114 valence electrons. The van der Waals surface area contributed by atoms with Gasteiger partial charge >= 0.3 is 0 Å². The molecule has 1 aliphatic carbocycles. The number of hydrogen-bond donors (Lipinski definition) is 2. The van der Waals surface area contributed by atoms with Crippen molar-refractivity contribution in [2.75, 3.05) is 19.7 Å². The zero-order valence-corrected chi connectivity index (χ0v) is 12.7. The van der Waals surface area contributed by atoms with E-state index in [9.17, 15) is 14.7 Å². The molecule has 1 atom stereocenters. The van der Waals surface area contributed by atoms with Crippen molar-refractivity contribution in [3.63, 3.8) is 0 Å². The summed E-state index contributed by atoms with van der Waals surface area (Å²) in [7, 11) is 0. The molecule has 2 amide bonds. The summed E-state index contributed by atoms with van der Waals surface area (Å²) >= 11 is 1.41. The Labute approximate surface area is 128 Å². The van der Waals surface area contributed by atoms with E-state index in [0.29, 0.717) is 18.0 Å². The van der Waals surface area contributed by atoms with Crippen molar-refractivity contribution in [3.8, 4) is 0 Å². The molecule has 0 unspecified atom stereocenters. The molecule has 0 radical (unpaired) electrons. The van der Waals surface area contributed by atoms with Gasteiger partial charge in [0.05, 0.1) is 11.5 Å². The third kappa shape index (κ3) is 2.96. The largest absolute Gasteiger partial charge is 0.396 e. The van der Waals surface area contributed by atoms with Crippen LogP contribution in [0.25, 0.3) is 0 Å². The van der Waals surface area contributed by atoms with Gasteiger partial charge in [0.25, 0.3) is 5.91 Å². The molecule has 2 heterocycles. The van der Waals surface area contributed by atoms with E-state index < -0.39 is 0 Å². The van der Waals surface area contributed by atoms with E-state index in [4.69, 9.17) is 0 Å². The second-order valence-corrected chi connectivity index (χ2v) is 6.96. The Morgan fingerprint density at radius 1 is 1.48 bits per heavy atom. The zero-order chi connectivity index (χ0) is 14.9. The number of likely N-dealkylation sites (tertiary alicyclic amines) is 1. The summed E-state index contributed by atoms with van der Waals surface area (Å²) in [5.74, 6) is -0.136. The minimum atomic E-state index is -0.367. The van der Waals surface area contributed by atoms with Crippen LogP contribution < -0.4 is 5.32 Å². The van der Waals surface area contributed by atoms with E-state index in [0.717, 1.165) is 25.7 Å². The number of rotatable bonds is 5. The number of thiophene rings is 1. The summed E-state index contributed by atoms with van der Waals surface area (Å²) in [6.07, 6.45) is 3.51. The maximum Gasteiger partial charge on any atom is 0.264 e. The average molecular weight is 308 g/mol. The van der Waals surface area contributed by atoms with Gasteiger partial charge in [-0.1, -0.05) is 6.07 Å². The van der Waals surface area contributed by atoms with Crippen LogP contribution in [0.5, 0.6) is 0 Å². The molecule has 0 aromatic carbocycles. The fourth-order valence-electron chi connectivity index (χ4n) is 2.78. The molecule has 6 heteroatoms. The van der Waals surface area contributed by atoms with Gasteiger partial charge in [-0.25, -0.2) is 0 Å². The number of aliphatic hydroxyl groups is 1. The van der Waals surface area contributed by atoms with E-state index in [1.807, 2.05) is 11.4 Å². The van der Waals surface area contributed by atoms with Crippen LogP contribution in [0.1, 0.15) is 35.4 Å². The molecular weight excluding hydrogens is 288 g/mol. The van der Waals surface area contributed by atoms with Crippen molar-refractivity contribution in [1.29, 1.82) is 0 Å². The van der Waals surface area contributed by atoms with Crippen molar-refractivity contribution < 1.29 is 14.7 Å². The normalized spacial score (nSPS) is 23.1. The number of carbonyl (C=O) groups excluding carboxylic acids is 2. The Hall–Kier alpha value is -1.40. The third-order valence-electron chi connectivity index (χ3n) is 4.48. The molecule has 2 fully saturated rings. The van der Waals surface area contributed by atoms with Gasteiger partial charge in [0.1, 0.15) is 6.04 Å². The number of aliphatic hydroxyl groups excluding tert-OH is 1. The summed E-state index contributed by atoms with van der Waals surface area (Å²) in [5, 5.41) is 14.1. The van der Waals surface area contributed by atoms with Gasteiger partial charge in [0.15, 0.2) is 0 Å². The molecule has 1 aromatic heterocycles. The average Bonchev–Trinajstić information content (AvgIpc) is 2.95. The van der Waals surface area contributed by atoms with Crippen LogP contribution in [0.4, 0.5) is 0 Å². The van der Waals surface area contributed by atoms with Crippen LogP contribution in [-0.4, -0.2) is 47.6 Å². The lowest BCUT2D eigenvalue weighted by Gasteiger charge is -2.24. The molecule has 1 saturated carbocycles. The predicted molar refractivity (Wildman–Crippen MR) is 80.1 cm³/mol. The molecule has 5 nitrogen and oxygen atoms in total. The highest BCUT2D eigenvalue weighted by Gasteiger charge is 2.43. The van der Waals surface area contributed by atoms with Gasteiger partial charge in [-0.05, 0) is 37.1 Å². The Kier molecular flexibility index (Phi) is 3.99. The standard InChI is InChI=1S/C15H20N2O3S/c18-10-15(5-6-15)9-16-13(19)11-3-1-7-17(11)14(20)12-4-2-8-21-12/h2,4,8,11,18H,1,3,5-7,9-10H2,(H,16,19)/t11-/m0/s1. The molecule has 0 bridgehead atoms. The van der Waals surface area contributed by atoms with Crippen molar-refractivity contribution >= 4 is 23.2 Å². The lowest BCUT2D eigenvalue weighted by molar-refractivity contribution is -0.125. The zero-order valence-electron chi connectivity index (χ0n) is 11.9. The number of nitrogens with one attached hydrogen (secondary N) is 1. The lowest BCUT2D eigenvalue weighted by Crippen LogP contribution is -2.47. The first-order chi connectivity index (χ1) is 10.2. The topological polar surface area (TPSA) is 69.6 Å². The highest BCUT2D eigenvalue weighted by atomic mass is 32.1. The SMILES string of the molecule is O=C(NCC1(CO)CC1)[C@@H]1CCCN1C(=O)c1cccs1. The highest BCUT2D eigenvalue weighted by molar-refractivity contribution is 7.12. The molecule has 2 aliphatic rings. The van der Waals surface area contributed by atoms with Crippen LogP contribution >= 0.6 is 11.3 Å². The Morgan fingerprint density at radius 2 is 2.29 bits per heavy atom. The Balaban J connectivity index is 1.61. The van der Waals surface area contributed by atoms with Gasteiger partial charge < -0.3 is 15.3 Å². The maximum atomic E-state index is 12.4.